The predicted molar refractivity (Wildman–Crippen MR) is 166 cm³/mol. The zero-order valence-electron chi connectivity index (χ0n) is 25.4. The molecule has 1 aliphatic carbocycles. The number of rotatable bonds is 16. The summed E-state index contributed by atoms with van der Waals surface area (Å²) >= 11 is 0. The Hall–Kier alpha value is -3.58. The topological polar surface area (TPSA) is 72.8 Å². The first kappa shape index (κ1) is 33.9. The van der Waals surface area contributed by atoms with Gasteiger partial charge in [-0.1, -0.05) is 94.7 Å². The van der Waals surface area contributed by atoms with Crippen LogP contribution in [0, 0.1) is 17.6 Å². The Balaban J connectivity index is 1.72. The van der Waals surface area contributed by atoms with Gasteiger partial charge in [0.15, 0.2) is 11.6 Å². The fourth-order valence-corrected chi connectivity index (χ4v) is 5.32. The number of hydrogen-bond acceptors (Lipinski definition) is 5. The maximum absolute atomic E-state index is 15.4. The van der Waals surface area contributed by atoms with Gasteiger partial charge in [-0.05, 0) is 55.2 Å². The maximum atomic E-state index is 15.4. The number of allylic oxidation sites excluding steroid dienone is 2. The van der Waals surface area contributed by atoms with Crippen molar-refractivity contribution in [1.29, 1.82) is 0 Å². The van der Waals surface area contributed by atoms with E-state index < -0.39 is 30.2 Å². The second-order valence-electron chi connectivity index (χ2n) is 11.4. The number of aliphatic hydroxyl groups excluding tert-OH is 1. The lowest BCUT2D eigenvalue weighted by Gasteiger charge is -2.23. The smallest absolute Gasteiger partial charge is 0.335 e. The van der Waals surface area contributed by atoms with Crippen LogP contribution in [-0.2, 0) is 19.1 Å². The standard InChI is InChI=1S/C36H44F2O5/c1-5-6-7-8-9-26-10-12-28(13-11-26)31-18-19-32(34(38)33(31)37)29-16-14-27(15-17-29)30(23-43-35(40)24(2)3)20-21-42-36(41)25(4)22-39/h12,14-19,26,30,39H,2,4-11,13,20-23H2,1,3H3. The highest BCUT2D eigenvalue weighted by molar-refractivity contribution is 5.88. The van der Waals surface area contributed by atoms with Crippen LogP contribution in [0.3, 0.4) is 0 Å². The molecule has 0 spiro atoms. The van der Waals surface area contributed by atoms with Crippen molar-refractivity contribution in [1.82, 2.24) is 0 Å². The summed E-state index contributed by atoms with van der Waals surface area (Å²) in [5.74, 6) is -2.68. The van der Waals surface area contributed by atoms with E-state index >= 15 is 8.78 Å². The molecule has 2 atom stereocenters. The number of carbonyl (C=O) groups excluding carboxylic acids is 2. The Morgan fingerprint density at radius 2 is 1.67 bits per heavy atom. The highest BCUT2D eigenvalue weighted by atomic mass is 19.2. The van der Waals surface area contributed by atoms with Crippen LogP contribution in [0.4, 0.5) is 8.78 Å². The van der Waals surface area contributed by atoms with Gasteiger partial charge in [0.05, 0.1) is 25.4 Å². The summed E-state index contributed by atoms with van der Waals surface area (Å²) in [4.78, 5) is 23.8. The number of carbonyl (C=O) groups is 2. The van der Waals surface area contributed by atoms with Crippen LogP contribution in [0.1, 0.15) is 88.7 Å². The van der Waals surface area contributed by atoms with E-state index in [1.807, 2.05) is 0 Å². The van der Waals surface area contributed by atoms with Gasteiger partial charge >= 0.3 is 11.9 Å². The van der Waals surface area contributed by atoms with Crippen LogP contribution in [0.25, 0.3) is 16.7 Å². The molecule has 0 aromatic heterocycles. The third kappa shape index (κ3) is 9.72. The molecule has 2 aromatic carbocycles. The zero-order valence-corrected chi connectivity index (χ0v) is 25.4. The van der Waals surface area contributed by atoms with Crippen molar-refractivity contribution in [3.8, 4) is 11.1 Å². The van der Waals surface area contributed by atoms with Gasteiger partial charge in [-0.15, -0.1) is 0 Å². The minimum absolute atomic E-state index is 0.00560. The molecule has 5 nitrogen and oxygen atoms in total. The fourth-order valence-electron chi connectivity index (χ4n) is 5.32. The van der Waals surface area contributed by atoms with E-state index in [4.69, 9.17) is 14.6 Å². The summed E-state index contributed by atoms with van der Waals surface area (Å²) in [5, 5.41) is 9.06. The van der Waals surface area contributed by atoms with Gasteiger partial charge in [-0.3, -0.25) is 0 Å². The summed E-state index contributed by atoms with van der Waals surface area (Å²) in [6.45, 7) is 10.3. The van der Waals surface area contributed by atoms with Crippen molar-refractivity contribution < 1.29 is 33.0 Å². The van der Waals surface area contributed by atoms with Gasteiger partial charge < -0.3 is 14.6 Å². The van der Waals surface area contributed by atoms with Gasteiger partial charge in [0.2, 0.25) is 0 Å². The normalized spacial score (nSPS) is 15.4. The Morgan fingerprint density at radius 1 is 0.977 bits per heavy atom. The number of halogens is 2. The molecule has 7 heteroatoms. The van der Waals surface area contributed by atoms with Crippen molar-refractivity contribution >= 4 is 17.5 Å². The average molecular weight is 595 g/mol. The second-order valence-corrected chi connectivity index (χ2v) is 11.4. The van der Waals surface area contributed by atoms with E-state index in [1.165, 1.54) is 32.1 Å². The lowest BCUT2D eigenvalue weighted by atomic mass is 9.83. The van der Waals surface area contributed by atoms with Gasteiger partial charge in [-0.2, -0.15) is 0 Å². The van der Waals surface area contributed by atoms with Crippen LogP contribution in [0.5, 0.6) is 0 Å². The molecule has 3 rings (SSSR count). The summed E-state index contributed by atoms with van der Waals surface area (Å²) in [5.41, 5.74) is 2.85. The van der Waals surface area contributed by atoms with E-state index in [9.17, 15) is 9.59 Å². The Labute approximate surface area is 254 Å². The predicted octanol–water partition coefficient (Wildman–Crippen LogP) is 8.47. The van der Waals surface area contributed by atoms with Crippen molar-refractivity contribution in [2.45, 2.75) is 77.6 Å². The minimum atomic E-state index is -0.879. The van der Waals surface area contributed by atoms with Crippen LogP contribution < -0.4 is 0 Å². The van der Waals surface area contributed by atoms with Gasteiger partial charge in [0, 0.05) is 22.6 Å². The van der Waals surface area contributed by atoms with E-state index in [0.717, 1.165) is 30.4 Å². The van der Waals surface area contributed by atoms with Crippen molar-refractivity contribution in [2.75, 3.05) is 19.8 Å². The molecule has 1 N–H and O–H groups in total. The molecule has 2 aromatic rings. The van der Waals surface area contributed by atoms with Crippen molar-refractivity contribution in [3.63, 3.8) is 0 Å². The summed E-state index contributed by atoms with van der Waals surface area (Å²) in [7, 11) is 0. The van der Waals surface area contributed by atoms with Crippen molar-refractivity contribution in [3.05, 3.63) is 89.5 Å². The molecule has 0 aliphatic heterocycles. The highest BCUT2D eigenvalue weighted by Crippen LogP contribution is 2.36. The van der Waals surface area contributed by atoms with E-state index in [1.54, 1.807) is 43.3 Å². The molecule has 0 fully saturated rings. The largest absolute Gasteiger partial charge is 0.462 e. The Bertz CT molecular complexity index is 1310. The van der Waals surface area contributed by atoms with Gasteiger partial charge in [0.25, 0.3) is 0 Å². The molecular weight excluding hydrogens is 550 g/mol. The molecule has 0 saturated heterocycles. The van der Waals surface area contributed by atoms with Crippen LogP contribution >= 0.6 is 0 Å². The van der Waals surface area contributed by atoms with E-state index in [0.29, 0.717) is 23.5 Å². The molecule has 0 bridgehead atoms. The maximum Gasteiger partial charge on any atom is 0.335 e. The SMILES string of the molecule is C=C(C)C(=O)OCC(CCOC(=O)C(=C)CO)c1ccc(-c2ccc(C3=CCC(CCCCCC)CC3)c(F)c2F)cc1. The van der Waals surface area contributed by atoms with E-state index in [-0.39, 0.29) is 35.8 Å². The van der Waals surface area contributed by atoms with Gasteiger partial charge in [0.1, 0.15) is 0 Å². The Kier molecular flexibility index (Phi) is 13.3. The minimum Gasteiger partial charge on any atom is -0.462 e. The van der Waals surface area contributed by atoms with Crippen LogP contribution in [-0.4, -0.2) is 36.9 Å². The molecule has 1 aliphatic rings. The third-order valence-electron chi connectivity index (χ3n) is 8.05. The molecule has 0 radical (unpaired) electrons. The summed E-state index contributed by atoms with van der Waals surface area (Å²) in [6.07, 6.45) is 11.2. The molecule has 0 saturated carbocycles. The number of ether oxygens (including phenoxy) is 2. The highest BCUT2D eigenvalue weighted by Gasteiger charge is 2.22. The first-order valence-electron chi connectivity index (χ1n) is 15.2. The molecule has 0 heterocycles. The summed E-state index contributed by atoms with van der Waals surface area (Å²) in [6, 6.07) is 10.2. The first-order chi connectivity index (χ1) is 20.7. The summed E-state index contributed by atoms with van der Waals surface area (Å²) < 4.78 is 41.2. The number of unbranched alkanes of at least 4 members (excludes halogenated alkanes) is 3. The number of hydrogen-bond donors (Lipinski definition) is 1. The number of aliphatic hydroxyl groups is 1. The lowest BCUT2D eigenvalue weighted by molar-refractivity contribution is -0.142. The van der Waals surface area contributed by atoms with Crippen LogP contribution in [0.15, 0.2) is 66.8 Å². The third-order valence-corrected chi connectivity index (χ3v) is 8.05. The zero-order chi connectivity index (χ0) is 31.4. The monoisotopic (exact) mass is 594 g/mol. The second kappa shape index (κ2) is 16.9. The van der Waals surface area contributed by atoms with Crippen LogP contribution in [0.2, 0.25) is 0 Å². The molecular formula is C36H44F2O5. The van der Waals surface area contributed by atoms with E-state index in [2.05, 4.69) is 26.2 Å². The first-order valence-corrected chi connectivity index (χ1v) is 15.2. The molecule has 0 amide bonds. The lowest BCUT2D eigenvalue weighted by Crippen LogP contribution is -2.17. The number of esters is 2. The fraction of sp³-hybridized carbons (Fsp3) is 0.444. The number of benzene rings is 2. The molecule has 2 unspecified atom stereocenters. The molecule has 43 heavy (non-hydrogen) atoms. The van der Waals surface area contributed by atoms with Gasteiger partial charge in [-0.25, -0.2) is 18.4 Å². The molecule has 232 valence electrons. The quantitative estimate of drug-likeness (QED) is 0.120. The van der Waals surface area contributed by atoms with Crippen molar-refractivity contribution in [2.24, 2.45) is 5.92 Å². The average Bonchev–Trinajstić information content (AvgIpc) is 3.02. The Morgan fingerprint density at radius 3 is 2.30 bits per heavy atom.